The normalized spacial score (nSPS) is 14.7. The molecule has 2 amide bonds. The van der Waals surface area contributed by atoms with E-state index in [4.69, 9.17) is 32.7 Å². The quantitative estimate of drug-likeness (QED) is 0.317. The van der Waals surface area contributed by atoms with Crippen LogP contribution in [0.5, 0.6) is 11.5 Å². The second-order valence-corrected chi connectivity index (χ2v) is 9.15. The summed E-state index contributed by atoms with van der Waals surface area (Å²) < 4.78 is 24.3. The van der Waals surface area contributed by atoms with Crippen LogP contribution in [0.25, 0.3) is 6.08 Å². The molecule has 1 saturated heterocycles. The molecule has 3 aromatic rings. The summed E-state index contributed by atoms with van der Waals surface area (Å²) in [6, 6.07) is 16.2. The van der Waals surface area contributed by atoms with E-state index in [0.717, 1.165) is 22.2 Å². The Hall–Kier alpha value is -3.00. The zero-order valence-electron chi connectivity index (χ0n) is 17.9. The van der Waals surface area contributed by atoms with Crippen LogP contribution in [0.3, 0.4) is 0 Å². The van der Waals surface area contributed by atoms with Crippen LogP contribution in [-0.2, 0) is 17.9 Å². The number of benzene rings is 3. The number of methoxy groups -OCH3 is 1. The first-order valence-electron chi connectivity index (χ1n) is 10.1. The first-order chi connectivity index (χ1) is 16.3. The largest absolute Gasteiger partial charge is 0.493 e. The van der Waals surface area contributed by atoms with Crippen LogP contribution in [0, 0.1) is 5.82 Å². The topological polar surface area (TPSA) is 55.8 Å². The molecule has 4 rings (SSSR count). The highest BCUT2D eigenvalue weighted by molar-refractivity contribution is 8.18. The fourth-order valence-corrected chi connectivity index (χ4v) is 4.40. The highest BCUT2D eigenvalue weighted by atomic mass is 35.5. The molecule has 0 unspecified atom stereocenters. The molecule has 1 aliphatic heterocycles. The molecule has 1 aliphatic rings. The van der Waals surface area contributed by atoms with E-state index < -0.39 is 5.91 Å². The second-order valence-electron chi connectivity index (χ2n) is 7.34. The number of amides is 2. The van der Waals surface area contributed by atoms with E-state index in [2.05, 4.69) is 0 Å². The van der Waals surface area contributed by atoms with Gasteiger partial charge >= 0.3 is 0 Å². The van der Waals surface area contributed by atoms with Gasteiger partial charge in [-0.05, 0) is 70.9 Å². The summed E-state index contributed by atoms with van der Waals surface area (Å²) in [6.07, 6.45) is 1.63. The number of carbonyl (C=O) groups excluding carboxylic acids is 2. The molecular weight excluding hydrogens is 500 g/mol. The summed E-state index contributed by atoms with van der Waals surface area (Å²) in [5.74, 6) is 0.256. The number of hydrogen-bond acceptors (Lipinski definition) is 5. The van der Waals surface area contributed by atoms with Gasteiger partial charge in [-0.15, -0.1) is 0 Å². The molecular formula is C25H18Cl2FNO4S. The highest BCUT2D eigenvalue weighted by Gasteiger charge is 2.35. The summed E-state index contributed by atoms with van der Waals surface area (Å²) >= 11 is 12.8. The molecule has 1 fully saturated rings. The van der Waals surface area contributed by atoms with Crippen LogP contribution in [0.2, 0.25) is 10.0 Å². The molecule has 0 aromatic heterocycles. The number of hydrogen-bond donors (Lipinski definition) is 0. The molecule has 0 spiro atoms. The Balaban J connectivity index is 1.48. The first-order valence-corrected chi connectivity index (χ1v) is 11.7. The lowest BCUT2D eigenvalue weighted by Gasteiger charge is -2.13. The van der Waals surface area contributed by atoms with Crippen molar-refractivity contribution in [2.24, 2.45) is 0 Å². The average molecular weight is 518 g/mol. The van der Waals surface area contributed by atoms with E-state index in [1.54, 1.807) is 54.6 Å². The predicted octanol–water partition coefficient (Wildman–Crippen LogP) is 6.96. The van der Waals surface area contributed by atoms with Crippen LogP contribution in [0.4, 0.5) is 9.18 Å². The van der Waals surface area contributed by atoms with Gasteiger partial charge in [-0.1, -0.05) is 47.5 Å². The van der Waals surface area contributed by atoms with Crippen molar-refractivity contribution in [2.45, 2.75) is 13.2 Å². The third-order valence-corrected chi connectivity index (χ3v) is 6.64. The van der Waals surface area contributed by atoms with Gasteiger partial charge in [0, 0.05) is 0 Å². The van der Waals surface area contributed by atoms with Crippen LogP contribution in [0.1, 0.15) is 16.7 Å². The summed E-state index contributed by atoms with van der Waals surface area (Å²) in [6.45, 7) is 0.335. The monoisotopic (exact) mass is 517 g/mol. The SMILES string of the molecule is COc1cc(/C=C2\SC(=O)N(Cc3ccc(Cl)c(Cl)c3)C2=O)ccc1OCc1ccc(F)cc1. The molecule has 0 atom stereocenters. The van der Waals surface area contributed by atoms with Gasteiger partial charge < -0.3 is 9.47 Å². The lowest BCUT2D eigenvalue weighted by atomic mass is 10.1. The maximum Gasteiger partial charge on any atom is 0.293 e. The number of thioether (sulfide) groups is 1. The Labute approximate surface area is 210 Å². The van der Waals surface area contributed by atoms with Crippen LogP contribution >= 0.6 is 35.0 Å². The van der Waals surface area contributed by atoms with Gasteiger partial charge in [-0.3, -0.25) is 14.5 Å². The van der Waals surface area contributed by atoms with E-state index in [-0.39, 0.29) is 24.2 Å². The van der Waals surface area contributed by atoms with Crippen LogP contribution in [-0.4, -0.2) is 23.2 Å². The molecule has 0 aliphatic carbocycles. The molecule has 1 heterocycles. The standard InChI is InChI=1S/C25H18Cl2FNO4S/c1-32-22-11-16(5-9-21(22)33-14-15-2-6-18(28)7-3-15)12-23-24(30)29(25(31)34-23)13-17-4-8-19(26)20(27)10-17/h2-12H,13-14H2,1H3/b23-12-. The number of halogens is 3. The van der Waals surface area contributed by atoms with Crippen molar-refractivity contribution in [3.8, 4) is 11.5 Å². The second kappa shape index (κ2) is 10.5. The summed E-state index contributed by atoms with van der Waals surface area (Å²) in [7, 11) is 1.51. The Morgan fingerprint density at radius 3 is 2.38 bits per heavy atom. The van der Waals surface area contributed by atoms with Gasteiger partial charge in [0.25, 0.3) is 11.1 Å². The van der Waals surface area contributed by atoms with Crippen molar-refractivity contribution in [3.63, 3.8) is 0 Å². The number of imide groups is 1. The third kappa shape index (κ3) is 5.55. The number of ether oxygens (including phenoxy) is 2. The Morgan fingerprint density at radius 1 is 0.941 bits per heavy atom. The minimum atomic E-state index is -0.392. The maximum absolute atomic E-state index is 13.1. The fraction of sp³-hybridized carbons (Fsp3) is 0.120. The van der Waals surface area contributed by atoms with Crippen molar-refractivity contribution in [3.05, 3.63) is 98.1 Å². The molecule has 0 radical (unpaired) electrons. The molecule has 9 heteroatoms. The maximum atomic E-state index is 13.1. The van der Waals surface area contributed by atoms with E-state index >= 15 is 0 Å². The predicted molar refractivity (Wildman–Crippen MR) is 132 cm³/mol. The summed E-state index contributed by atoms with van der Waals surface area (Å²) in [5, 5.41) is 0.391. The van der Waals surface area contributed by atoms with Gasteiger partial charge in [0.15, 0.2) is 11.5 Å². The van der Waals surface area contributed by atoms with Gasteiger partial charge in [-0.2, -0.15) is 0 Å². The Kier molecular flexibility index (Phi) is 7.46. The first kappa shape index (κ1) is 24.1. The van der Waals surface area contributed by atoms with Gasteiger partial charge in [0.05, 0.1) is 28.6 Å². The molecule has 34 heavy (non-hydrogen) atoms. The van der Waals surface area contributed by atoms with Gasteiger partial charge in [-0.25, -0.2) is 4.39 Å². The van der Waals surface area contributed by atoms with Crippen molar-refractivity contribution in [1.82, 2.24) is 4.90 Å². The minimum absolute atomic E-state index is 0.0956. The Morgan fingerprint density at radius 2 is 1.68 bits per heavy atom. The van der Waals surface area contributed by atoms with Crippen molar-refractivity contribution < 1.29 is 23.5 Å². The lowest BCUT2D eigenvalue weighted by Crippen LogP contribution is -2.27. The van der Waals surface area contributed by atoms with Crippen molar-refractivity contribution >= 4 is 52.2 Å². The van der Waals surface area contributed by atoms with E-state index in [1.165, 1.54) is 19.2 Å². The van der Waals surface area contributed by atoms with E-state index in [1.807, 2.05) is 0 Å². The smallest absolute Gasteiger partial charge is 0.293 e. The number of carbonyl (C=O) groups is 2. The zero-order valence-corrected chi connectivity index (χ0v) is 20.2. The average Bonchev–Trinajstić information content (AvgIpc) is 3.08. The molecule has 174 valence electrons. The summed E-state index contributed by atoms with van der Waals surface area (Å²) in [5.41, 5.74) is 2.18. The van der Waals surface area contributed by atoms with Gasteiger partial charge in [0.1, 0.15) is 12.4 Å². The summed E-state index contributed by atoms with van der Waals surface area (Å²) in [4.78, 5) is 26.8. The van der Waals surface area contributed by atoms with E-state index in [9.17, 15) is 14.0 Å². The van der Waals surface area contributed by atoms with Gasteiger partial charge in [0.2, 0.25) is 0 Å². The number of rotatable bonds is 7. The molecule has 0 bridgehead atoms. The molecule has 5 nitrogen and oxygen atoms in total. The molecule has 3 aromatic carbocycles. The minimum Gasteiger partial charge on any atom is -0.493 e. The molecule has 0 saturated carbocycles. The van der Waals surface area contributed by atoms with Crippen LogP contribution in [0.15, 0.2) is 65.6 Å². The Bertz CT molecular complexity index is 1280. The van der Waals surface area contributed by atoms with E-state index in [0.29, 0.717) is 37.6 Å². The van der Waals surface area contributed by atoms with Crippen molar-refractivity contribution in [1.29, 1.82) is 0 Å². The molecule has 0 N–H and O–H groups in total. The lowest BCUT2D eigenvalue weighted by molar-refractivity contribution is -0.123. The zero-order chi connectivity index (χ0) is 24.2. The number of nitrogens with zero attached hydrogens (tertiary/aromatic N) is 1. The van der Waals surface area contributed by atoms with Crippen molar-refractivity contribution in [2.75, 3.05) is 7.11 Å². The third-order valence-electron chi connectivity index (χ3n) is 4.99. The fourth-order valence-electron chi connectivity index (χ4n) is 3.24. The highest BCUT2D eigenvalue weighted by Crippen LogP contribution is 2.36. The van der Waals surface area contributed by atoms with Crippen LogP contribution < -0.4 is 9.47 Å².